The van der Waals surface area contributed by atoms with Crippen LogP contribution in [0.5, 0.6) is 0 Å². The number of nitrogens with zero attached hydrogens (tertiary/aromatic N) is 3. The molecular formula is C25H37N5O6. The van der Waals surface area contributed by atoms with E-state index in [9.17, 15) is 14.7 Å². The number of aliphatic hydroxyl groups excluding tert-OH is 1. The summed E-state index contributed by atoms with van der Waals surface area (Å²) in [6.45, 7) is 5.09. The van der Waals surface area contributed by atoms with E-state index >= 15 is 0 Å². The fourth-order valence-corrected chi connectivity index (χ4v) is 5.14. The van der Waals surface area contributed by atoms with Crippen LogP contribution in [0.4, 0.5) is 5.82 Å². The molecule has 2 aromatic heterocycles. The van der Waals surface area contributed by atoms with Gasteiger partial charge in [-0.25, -0.2) is 9.50 Å². The molecule has 4 rings (SSSR count). The van der Waals surface area contributed by atoms with Crippen molar-refractivity contribution in [2.24, 2.45) is 17.6 Å². The molecule has 11 nitrogen and oxygen atoms in total. The number of rotatable bonds is 8. The van der Waals surface area contributed by atoms with Crippen molar-refractivity contribution in [3.63, 3.8) is 0 Å². The molecule has 3 heterocycles. The van der Waals surface area contributed by atoms with Gasteiger partial charge in [0, 0.05) is 6.42 Å². The SMILES string of the molecule is CC(C)[C@H](N)C(=O)OC[C@H]1O[C@@](C)(c2ccc3c(N)ncnn23)[C@H](O)[C@@H]1OC(=O)CC1CCCCC1. The van der Waals surface area contributed by atoms with E-state index in [-0.39, 0.29) is 30.7 Å². The summed E-state index contributed by atoms with van der Waals surface area (Å²) in [5.41, 5.74) is 11.6. The summed E-state index contributed by atoms with van der Waals surface area (Å²) in [4.78, 5) is 29.3. The molecule has 5 N–H and O–H groups in total. The highest BCUT2D eigenvalue weighted by Crippen LogP contribution is 2.42. The molecule has 0 unspecified atom stereocenters. The van der Waals surface area contributed by atoms with Crippen molar-refractivity contribution in [2.45, 2.75) is 89.3 Å². The summed E-state index contributed by atoms with van der Waals surface area (Å²) in [6, 6.07) is 2.66. The number of anilines is 1. The zero-order valence-corrected chi connectivity index (χ0v) is 21.1. The lowest BCUT2D eigenvalue weighted by molar-refractivity contribution is -0.162. The molecule has 1 aliphatic heterocycles. The van der Waals surface area contributed by atoms with Crippen LogP contribution in [0, 0.1) is 11.8 Å². The van der Waals surface area contributed by atoms with Gasteiger partial charge in [0.15, 0.2) is 11.9 Å². The quantitative estimate of drug-likeness (QED) is 0.451. The van der Waals surface area contributed by atoms with Crippen LogP contribution in [-0.2, 0) is 29.4 Å². The van der Waals surface area contributed by atoms with Crippen molar-refractivity contribution in [1.29, 1.82) is 0 Å². The van der Waals surface area contributed by atoms with Crippen molar-refractivity contribution in [1.82, 2.24) is 14.6 Å². The second-order valence-corrected chi connectivity index (χ2v) is 10.4. The van der Waals surface area contributed by atoms with Gasteiger partial charge in [-0.1, -0.05) is 33.1 Å². The van der Waals surface area contributed by atoms with E-state index in [2.05, 4.69) is 10.1 Å². The molecule has 2 fully saturated rings. The molecule has 0 radical (unpaired) electrons. The average Bonchev–Trinajstić information content (AvgIpc) is 3.39. The molecule has 0 bridgehead atoms. The van der Waals surface area contributed by atoms with Gasteiger partial charge in [0.25, 0.3) is 0 Å². The van der Waals surface area contributed by atoms with Crippen LogP contribution in [0.25, 0.3) is 5.52 Å². The molecule has 1 aliphatic carbocycles. The van der Waals surface area contributed by atoms with Crippen molar-refractivity contribution < 1.29 is 28.9 Å². The molecule has 2 aromatic rings. The van der Waals surface area contributed by atoms with Crippen molar-refractivity contribution in [3.8, 4) is 0 Å². The molecule has 1 saturated heterocycles. The number of nitrogens with two attached hydrogens (primary N) is 2. The average molecular weight is 504 g/mol. The topological polar surface area (TPSA) is 164 Å². The Kier molecular flexibility index (Phi) is 7.82. The molecular weight excluding hydrogens is 466 g/mol. The Morgan fingerprint density at radius 1 is 1.28 bits per heavy atom. The first kappa shape index (κ1) is 26.3. The molecule has 0 aromatic carbocycles. The lowest BCUT2D eigenvalue weighted by Gasteiger charge is -2.28. The largest absolute Gasteiger partial charge is 0.462 e. The summed E-state index contributed by atoms with van der Waals surface area (Å²) < 4.78 is 19.1. The minimum atomic E-state index is -1.33. The maximum Gasteiger partial charge on any atom is 0.323 e. The molecule has 0 amide bonds. The normalized spacial score (nSPS) is 27.9. The molecule has 0 spiro atoms. The van der Waals surface area contributed by atoms with Gasteiger partial charge in [-0.2, -0.15) is 5.10 Å². The van der Waals surface area contributed by atoms with Gasteiger partial charge >= 0.3 is 11.9 Å². The van der Waals surface area contributed by atoms with E-state index in [0.717, 1.165) is 25.7 Å². The van der Waals surface area contributed by atoms with Crippen molar-refractivity contribution in [2.75, 3.05) is 12.3 Å². The first-order chi connectivity index (χ1) is 17.1. The van der Waals surface area contributed by atoms with Gasteiger partial charge in [0.05, 0.1) is 5.69 Å². The summed E-state index contributed by atoms with van der Waals surface area (Å²) in [5, 5.41) is 15.7. The number of esters is 2. The van der Waals surface area contributed by atoms with Crippen LogP contribution in [0.2, 0.25) is 0 Å². The maximum absolute atomic E-state index is 12.9. The van der Waals surface area contributed by atoms with Crippen LogP contribution in [0.1, 0.15) is 65.0 Å². The number of aliphatic hydroxyl groups is 1. The number of hydrogen-bond acceptors (Lipinski definition) is 10. The number of aromatic nitrogens is 3. The Morgan fingerprint density at radius 3 is 2.69 bits per heavy atom. The number of carbonyl (C=O) groups excluding carboxylic acids is 2. The predicted octanol–water partition coefficient (Wildman–Crippen LogP) is 1.70. The van der Waals surface area contributed by atoms with E-state index in [0.29, 0.717) is 11.2 Å². The molecule has 36 heavy (non-hydrogen) atoms. The number of fused-ring (bicyclic) bond motifs is 1. The Balaban J connectivity index is 1.57. The summed E-state index contributed by atoms with van der Waals surface area (Å²) in [7, 11) is 0. The van der Waals surface area contributed by atoms with Crippen LogP contribution in [0.15, 0.2) is 18.5 Å². The Bertz CT molecular complexity index is 1080. The van der Waals surface area contributed by atoms with Gasteiger partial charge in [0.1, 0.15) is 42.3 Å². The Labute approximate surface area is 210 Å². The van der Waals surface area contributed by atoms with E-state index in [4.69, 9.17) is 25.7 Å². The third-order valence-electron chi connectivity index (χ3n) is 7.46. The van der Waals surface area contributed by atoms with Crippen LogP contribution >= 0.6 is 0 Å². The number of carbonyl (C=O) groups is 2. The van der Waals surface area contributed by atoms with Crippen LogP contribution in [0.3, 0.4) is 0 Å². The second-order valence-electron chi connectivity index (χ2n) is 10.4. The number of ether oxygens (including phenoxy) is 3. The first-order valence-electron chi connectivity index (χ1n) is 12.7. The van der Waals surface area contributed by atoms with E-state index in [1.54, 1.807) is 19.1 Å². The highest BCUT2D eigenvalue weighted by atomic mass is 16.6. The van der Waals surface area contributed by atoms with Crippen LogP contribution in [-0.4, -0.2) is 62.6 Å². The van der Waals surface area contributed by atoms with E-state index in [1.807, 2.05) is 13.8 Å². The fourth-order valence-electron chi connectivity index (χ4n) is 5.14. The Hall–Kier alpha value is -2.76. The van der Waals surface area contributed by atoms with Gasteiger partial charge in [0.2, 0.25) is 0 Å². The summed E-state index contributed by atoms with van der Waals surface area (Å²) >= 11 is 0. The monoisotopic (exact) mass is 503 g/mol. The van der Waals surface area contributed by atoms with Gasteiger partial charge in [-0.05, 0) is 43.7 Å². The van der Waals surface area contributed by atoms with Crippen molar-refractivity contribution in [3.05, 3.63) is 24.2 Å². The fraction of sp³-hybridized carbons (Fsp3) is 0.680. The van der Waals surface area contributed by atoms with E-state index < -0.39 is 41.9 Å². The Morgan fingerprint density at radius 2 is 2.00 bits per heavy atom. The predicted molar refractivity (Wildman–Crippen MR) is 130 cm³/mol. The molecule has 198 valence electrons. The lowest BCUT2D eigenvalue weighted by atomic mass is 9.87. The minimum Gasteiger partial charge on any atom is -0.462 e. The molecule has 5 atom stereocenters. The van der Waals surface area contributed by atoms with Crippen molar-refractivity contribution >= 4 is 23.3 Å². The van der Waals surface area contributed by atoms with Gasteiger partial charge < -0.3 is 30.8 Å². The van der Waals surface area contributed by atoms with E-state index in [1.165, 1.54) is 17.3 Å². The molecule has 1 saturated carbocycles. The van der Waals surface area contributed by atoms with Crippen LogP contribution < -0.4 is 11.5 Å². The lowest BCUT2D eigenvalue weighted by Crippen LogP contribution is -2.43. The highest BCUT2D eigenvalue weighted by molar-refractivity contribution is 5.75. The second kappa shape index (κ2) is 10.7. The zero-order valence-electron chi connectivity index (χ0n) is 21.1. The summed E-state index contributed by atoms with van der Waals surface area (Å²) in [5.74, 6) is -0.556. The van der Waals surface area contributed by atoms with Gasteiger partial charge in [-0.15, -0.1) is 0 Å². The van der Waals surface area contributed by atoms with Gasteiger partial charge in [-0.3, -0.25) is 9.59 Å². The standard InChI is InChI=1S/C25H37N5O6/c1-14(2)20(26)24(33)34-12-17-21(35-19(31)11-15-7-5-4-6-8-15)22(32)25(3,36-17)18-10-9-16-23(27)28-13-29-30(16)18/h9-10,13-15,17,20-22,32H,4-8,11-12,26H2,1-3H3,(H2,27,28,29)/t17-,20+,21-,22-,25+/m1/s1. The first-order valence-corrected chi connectivity index (χ1v) is 12.7. The smallest absolute Gasteiger partial charge is 0.323 e. The number of nitrogen functional groups attached to an aromatic ring is 1. The third kappa shape index (κ3) is 5.18. The molecule has 2 aliphatic rings. The highest BCUT2D eigenvalue weighted by Gasteiger charge is 2.56. The number of hydrogen-bond donors (Lipinski definition) is 3. The third-order valence-corrected chi connectivity index (χ3v) is 7.46. The summed E-state index contributed by atoms with van der Waals surface area (Å²) in [6.07, 6.45) is 3.73. The maximum atomic E-state index is 12.9. The minimum absolute atomic E-state index is 0.112. The zero-order chi connectivity index (χ0) is 26.0. The molecule has 11 heteroatoms.